The van der Waals surface area contributed by atoms with Gasteiger partial charge in [0.1, 0.15) is 12.4 Å². The van der Waals surface area contributed by atoms with Crippen molar-refractivity contribution in [2.75, 3.05) is 25.7 Å². The minimum absolute atomic E-state index is 0.218. The molecule has 150 valence electrons. The Balaban J connectivity index is 1.88. The third-order valence-electron chi connectivity index (χ3n) is 3.95. The fourth-order valence-corrected chi connectivity index (χ4v) is 3.51. The van der Waals surface area contributed by atoms with Gasteiger partial charge < -0.3 is 24.1 Å². The molecule has 2 aromatic carbocycles. The smallest absolute Gasteiger partial charge is 0.298 e. The normalized spacial score (nSPS) is 15.0. The molecular weight excluding hydrogens is 398 g/mol. The Morgan fingerprint density at radius 3 is 2.48 bits per heavy atom. The first kappa shape index (κ1) is 20.3. The number of benzene rings is 2. The molecule has 2 amide bonds. The summed E-state index contributed by atoms with van der Waals surface area (Å²) in [5, 5.41) is 10.1. The highest BCUT2D eigenvalue weighted by molar-refractivity contribution is 8.19. The number of thioether (sulfide) groups is 1. The van der Waals surface area contributed by atoms with Crippen molar-refractivity contribution < 1.29 is 33.7 Å². The zero-order chi connectivity index (χ0) is 21.0. The van der Waals surface area contributed by atoms with E-state index in [1.165, 1.54) is 20.3 Å². The predicted molar refractivity (Wildman–Crippen MR) is 105 cm³/mol. The van der Waals surface area contributed by atoms with E-state index in [-0.39, 0.29) is 16.4 Å². The summed E-state index contributed by atoms with van der Waals surface area (Å²) in [6.07, 6.45) is 1.55. The summed E-state index contributed by atoms with van der Waals surface area (Å²) in [7, 11) is 2.87. The summed E-state index contributed by atoms with van der Waals surface area (Å²) in [5.74, 6) is -0.922. The Hall–Kier alpha value is -3.46. The minimum atomic E-state index is -1.36. The van der Waals surface area contributed by atoms with Gasteiger partial charge in [0.25, 0.3) is 11.1 Å². The van der Waals surface area contributed by atoms with Crippen LogP contribution in [0.4, 0.5) is 10.5 Å². The Kier molecular flexibility index (Phi) is 6.08. The third-order valence-corrected chi connectivity index (χ3v) is 4.82. The van der Waals surface area contributed by atoms with Crippen LogP contribution in [-0.4, -0.2) is 37.9 Å². The Bertz CT molecular complexity index is 1000. The van der Waals surface area contributed by atoms with E-state index in [2.05, 4.69) is 0 Å². The number of imide groups is 1. The molecule has 0 N–H and O–H groups in total. The number of hydrogen-bond donors (Lipinski definition) is 0. The molecule has 0 atom stereocenters. The molecule has 0 bridgehead atoms. The number of amides is 2. The average Bonchev–Trinajstić information content (AvgIpc) is 2.99. The second-order valence-electron chi connectivity index (χ2n) is 5.76. The maximum atomic E-state index is 12.8. The number of carboxylic acid groups (broad SMARTS) is 1. The molecule has 8 nitrogen and oxygen atoms in total. The van der Waals surface area contributed by atoms with E-state index in [1.54, 1.807) is 42.5 Å². The van der Waals surface area contributed by atoms with Crippen LogP contribution in [-0.2, 0) is 9.59 Å². The zero-order valence-corrected chi connectivity index (χ0v) is 16.4. The van der Waals surface area contributed by atoms with Gasteiger partial charge in [0.15, 0.2) is 11.5 Å². The highest BCUT2D eigenvalue weighted by atomic mass is 32.2. The first-order valence-corrected chi connectivity index (χ1v) is 9.18. The third kappa shape index (κ3) is 4.35. The molecule has 0 aliphatic carbocycles. The van der Waals surface area contributed by atoms with Crippen LogP contribution < -0.4 is 24.2 Å². The van der Waals surface area contributed by atoms with Gasteiger partial charge in [-0.1, -0.05) is 18.2 Å². The van der Waals surface area contributed by atoms with Gasteiger partial charge >= 0.3 is 0 Å². The van der Waals surface area contributed by atoms with Crippen LogP contribution in [0.5, 0.6) is 17.2 Å². The number of methoxy groups -OCH3 is 2. The maximum absolute atomic E-state index is 12.8. The molecule has 1 heterocycles. The van der Waals surface area contributed by atoms with E-state index < -0.39 is 23.7 Å². The molecule has 0 aromatic heterocycles. The van der Waals surface area contributed by atoms with Crippen molar-refractivity contribution in [2.24, 2.45) is 0 Å². The number of nitrogens with zero attached hydrogens (tertiary/aromatic N) is 1. The second-order valence-corrected chi connectivity index (χ2v) is 6.75. The van der Waals surface area contributed by atoms with E-state index in [1.807, 2.05) is 0 Å². The fourth-order valence-electron chi connectivity index (χ4n) is 2.67. The Morgan fingerprint density at radius 2 is 1.79 bits per heavy atom. The van der Waals surface area contributed by atoms with Crippen LogP contribution in [0, 0.1) is 0 Å². The first-order valence-electron chi connectivity index (χ1n) is 8.36. The minimum Gasteiger partial charge on any atom is -0.546 e. The van der Waals surface area contributed by atoms with Crippen LogP contribution in [0.3, 0.4) is 0 Å². The number of rotatable bonds is 7. The van der Waals surface area contributed by atoms with Crippen LogP contribution >= 0.6 is 11.8 Å². The van der Waals surface area contributed by atoms with Crippen LogP contribution in [0.2, 0.25) is 0 Å². The quantitative estimate of drug-likeness (QED) is 0.634. The number of aliphatic carboxylic acids is 1. The molecule has 3 rings (SSSR count). The van der Waals surface area contributed by atoms with Gasteiger partial charge in [0, 0.05) is 0 Å². The highest BCUT2D eigenvalue weighted by Crippen LogP contribution is 2.40. The number of carbonyl (C=O) groups excluding carboxylic acids is 3. The largest absolute Gasteiger partial charge is 0.546 e. The molecule has 1 aliphatic rings. The van der Waals surface area contributed by atoms with Crippen LogP contribution in [0.1, 0.15) is 5.56 Å². The lowest BCUT2D eigenvalue weighted by Gasteiger charge is -2.15. The number of carbonyl (C=O) groups is 3. The van der Waals surface area contributed by atoms with Gasteiger partial charge in [-0.05, 0) is 47.7 Å². The lowest BCUT2D eigenvalue weighted by Crippen LogP contribution is -2.29. The molecule has 29 heavy (non-hydrogen) atoms. The van der Waals surface area contributed by atoms with Crippen molar-refractivity contribution >= 4 is 40.6 Å². The van der Waals surface area contributed by atoms with E-state index in [4.69, 9.17) is 14.2 Å². The number of hydrogen-bond acceptors (Lipinski definition) is 8. The fraction of sp³-hybridized carbons (Fsp3) is 0.150. The highest BCUT2D eigenvalue weighted by Gasteiger charge is 2.37. The van der Waals surface area contributed by atoms with Gasteiger partial charge in [-0.2, -0.15) is 0 Å². The number of ether oxygens (including phenoxy) is 3. The van der Waals surface area contributed by atoms with Crippen LogP contribution in [0.25, 0.3) is 6.08 Å². The number of para-hydroxylation sites is 2. The molecular formula is C20H16NO7S-. The van der Waals surface area contributed by atoms with Crippen molar-refractivity contribution in [2.45, 2.75) is 0 Å². The van der Waals surface area contributed by atoms with E-state index in [0.29, 0.717) is 17.0 Å². The van der Waals surface area contributed by atoms with E-state index in [0.717, 1.165) is 16.7 Å². The molecule has 0 unspecified atom stereocenters. The molecule has 9 heteroatoms. The predicted octanol–water partition coefficient (Wildman–Crippen LogP) is 2.07. The molecule has 0 spiro atoms. The van der Waals surface area contributed by atoms with Gasteiger partial charge in [0.2, 0.25) is 0 Å². The second kappa shape index (κ2) is 8.70. The molecule has 1 aliphatic heterocycles. The summed E-state index contributed by atoms with van der Waals surface area (Å²) >= 11 is 0.807. The molecule has 0 saturated carbocycles. The van der Waals surface area contributed by atoms with Crippen molar-refractivity contribution in [3.8, 4) is 17.2 Å². The molecule has 2 aromatic rings. The lowest BCUT2D eigenvalue weighted by molar-refractivity contribution is -0.307. The zero-order valence-electron chi connectivity index (χ0n) is 15.5. The summed E-state index contributed by atoms with van der Waals surface area (Å²) in [5.41, 5.74) is 0.942. The number of anilines is 1. The summed E-state index contributed by atoms with van der Waals surface area (Å²) in [6.45, 7) is -0.618. The summed E-state index contributed by atoms with van der Waals surface area (Å²) < 4.78 is 15.5. The Labute approximate surface area is 170 Å². The number of carboxylic acids is 1. The lowest BCUT2D eigenvalue weighted by atomic mass is 10.1. The van der Waals surface area contributed by atoms with Gasteiger partial charge in [-0.3, -0.25) is 9.59 Å². The van der Waals surface area contributed by atoms with Crippen molar-refractivity contribution in [1.82, 2.24) is 0 Å². The van der Waals surface area contributed by atoms with Crippen molar-refractivity contribution in [1.29, 1.82) is 0 Å². The topological polar surface area (TPSA) is 105 Å². The van der Waals surface area contributed by atoms with Crippen LogP contribution in [0.15, 0.2) is 47.4 Å². The maximum Gasteiger partial charge on any atom is 0.298 e. The van der Waals surface area contributed by atoms with Gasteiger partial charge in [0.05, 0.1) is 30.8 Å². The van der Waals surface area contributed by atoms with Gasteiger partial charge in [-0.25, -0.2) is 4.90 Å². The average molecular weight is 414 g/mol. The van der Waals surface area contributed by atoms with Crippen molar-refractivity contribution in [3.63, 3.8) is 0 Å². The van der Waals surface area contributed by atoms with E-state index >= 15 is 0 Å². The Morgan fingerprint density at radius 1 is 1.07 bits per heavy atom. The van der Waals surface area contributed by atoms with E-state index in [9.17, 15) is 19.5 Å². The summed E-state index contributed by atoms with van der Waals surface area (Å²) in [4.78, 5) is 37.1. The molecule has 1 fully saturated rings. The van der Waals surface area contributed by atoms with Crippen molar-refractivity contribution in [3.05, 3.63) is 52.9 Å². The standard InChI is InChI=1S/C20H17NO7S/c1-26-14-6-4-3-5-13(14)21-19(24)17(29-20(21)25)10-12-7-8-15(16(9-12)27-2)28-11-18(22)23/h3-10H,11H2,1-2H3,(H,22,23)/p-1/b17-10-. The SMILES string of the molecule is COc1cc(/C=C2\SC(=O)N(c3ccccc3OC)C2=O)ccc1OCC(=O)[O-]. The molecule has 0 radical (unpaired) electrons. The van der Waals surface area contributed by atoms with Gasteiger partial charge in [-0.15, -0.1) is 0 Å². The summed E-state index contributed by atoms with van der Waals surface area (Å²) in [6, 6.07) is 11.4. The molecule has 1 saturated heterocycles. The first-order chi connectivity index (χ1) is 13.9. The monoisotopic (exact) mass is 414 g/mol.